The van der Waals surface area contributed by atoms with E-state index in [4.69, 9.17) is 9.84 Å². The third-order valence-corrected chi connectivity index (χ3v) is 3.49. The summed E-state index contributed by atoms with van der Waals surface area (Å²) in [7, 11) is 0. The molecular weight excluding hydrogens is 246 g/mol. The number of carboxylic acid groups (broad SMARTS) is 1. The Morgan fingerprint density at radius 1 is 1.32 bits per heavy atom. The highest BCUT2D eigenvalue weighted by Crippen LogP contribution is 2.17. The van der Waals surface area contributed by atoms with Gasteiger partial charge in [0.15, 0.2) is 0 Å². The van der Waals surface area contributed by atoms with E-state index in [2.05, 4.69) is 13.8 Å². The highest BCUT2D eigenvalue weighted by atomic mass is 16.5. The zero-order valence-corrected chi connectivity index (χ0v) is 11.9. The number of rotatable bonds is 7. The van der Waals surface area contributed by atoms with Crippen molar-refractivity contribution in [3.8, 4) is 0 Å². The Bertz CT molecular complexity index is 296. The Balaban J connectivity index is 2.12. The van der Waals surface area contributed by atoms with Crippen molar-refractivity contribution < 1.29 is 19.4 Å². The third-order valence-electron chi connectivity index (χ3n) is 3.49. The molecule has 19 heavy (non-hydrogen) atoms. The van der Waals surface area contributed by atoms with Crippen LogP contribution in [0.5, 0.6) is 0 Å². The molecule has 0 saturated carbocycles. The lowest BCUT2D eigenvalue weighted by atomic mass is 9.97. The average molecular weight is 271 g/mol. The van der Waals surface area contributed by atoms with Gasteiger partial charge in [0.2, 0.25) is 5.91 Å². The van der Waals surface area contributed by atoms with E-state index in [-0.39, 0.29) is 18.4 Å². The molecule has 1 fully saturated rings. The fourth-order valence-corrected chi connectivity index (χ4v) is 2.22. The van der Waals surface area contributed by atoms with Crippen molar-refractivity contribution in [3.05, 3.63) is 0 Å². The van der Waals surface area contributed by atoms with Gasteiger partial charge in [0.25, 0.3) is 0 Å². The van der Waals surface area contributed by atoms with Gasteiger partial charge in [-0.3, -0.25) is 9.59 Å². The first-order chi connectivity index (χ1) is 9.00. The van der Waals surface area contributed by atoms with Crippen LogP contribution in [0.15, 0.2) is 0 Å². The van der Waals surface area contributed by atoms with Crippen LogP contribution >= 0.6 is 0 Å². The van der Waals surface area contributed by atoms with E-state index in [0.717, 1.165) is 12.8 Å². The summed E-state index contributed by atoms with van der Waals surface area (Å²) in [4.78, 5) is 24.3. The van der Waals surface area contributed by atoms with Gasteiger partial charge < -0.3 is 14.7 Å². The van der Waals surface area contributed by atoms with Crippen LogP contribution in [0.1, 0.15) is 39.5 Å². The van der Waals surface area contributed by atoms with Crippen molar-refractivity contribution in [3.63, 3.8) is 0 Å². The second kappa shape index (κ2) is 8.15. The van der Waals surface area contributed by atoms with Crippen molar-refractivity contribution in [1.29, 1.82) is 0 Å². The first kappa shape index (κ1) is 16.0. The fourth-order valence-electron chi connectivity index (χ4n) is 2.22. The molecule has 1 aliphatic rings. The van der Waals surface area contributed by atoms with Crippen LogP contribution in [0.3, 0.4) is 0 Å². The summed E-state index contributed by atoms with van der Waals surface area (Å²) in [6.07, 6.45) is 3.19. The number of carbonyl (C=O) groups is 2. The lowest BCUT2D eigenvalue weighted by molar-refractivity contribution is -0.146. The van der Waals surface area contributed by atoms with Gasteiger partial charge in [-0.05, 0) is 31.6 Å². The minimum atomic E-state index is -0.753. The number of aliphatic carboxylic acids is 1. The number of hydrogen-bond acceptors (Lipinski definition) is 3. The molecule has 1 aliphatic heterocycles. The molecule has 0 bridgehead atoms. The van der Waals surface area contributed by atoms with E-state index >= 15 is 0 Å². The number of likely N-dealkylation sites (tertiary alicyclic amines) is 1. The molecule has 1 saturated heterocycles. The van der Waals surface area contributed by atoms with Gasteiger partial charge in [-0.2, -0.15) is 0 Å². The van der Waals surface area contributed by atoms with Crippen LogP contribution in [0.4, 0.5) is 0 Å². The van der Waals surface area contributed by atoms with Gasteiger partial charge in [0.1, 0.15) is 6.61 Å². The maximum absolute atomic E-state index is 11.8. The third kappa shape index (κ3) is 6.05. The van der Waals surface area contributed by atoms with Gasteiger partial charge >= 0.3 is 5.97 Å². The predicted octanol–water partition coefficient (Wildman–Crippen LogP) is 1.76. The lowest BCUT2D eigenvalue weighted by Crippen LogP contribution is -2.42. The summed E-state index contributed by atoms with van der Waals surface area (Å²) >= 11 is 0. The maximum atomic E-state index is 11.8. The van der Waals surface area contributed by atoms with Crippen molar-refractivity contribution in [2.24, 2.45) is 11.8 Å². The first-order valence-corrected chi connectivity index (χ1v) is 7.09. The van der Waals surface area contributed by atoms with Crippen LogP contribution in [0.25, 0.3) is 0 Å². The van der Waals surface area contributed by atoms with Gasteiger partial charge in [0, 0.05) is 19.7 Å². The number of carbonyl (C=O) groups excluding carboxylic acids is 1. The second-order valence-corrected chi connectivity index (χ2v) is 5.58. The standard InChI is InChI=1S/C14H25NO4/c1-11(2)4-3-9-19-10-13(16)15-7-5-12(6-8-15)14(17)18/h11-12H,3-10H2,1-2H3,(H,17,18). The number of ether oxygens (including phenoxy) is 1. The summed E-state index contributed by atoms with van der Waals surface area (Å²) in [6, 6.07) is 0. The molecule has 0 aromatic carbocycles. The molecular formula is C14H25NO4. The van der Waals surface area contributed by atoms with E-state index in [0.29, 0.717) is 38.5 Å². The smallest absolute Gasteiger partial charge is 0.306 e. The Morgan fingerprint density at radius 3 is 2.47 bits per heavy atom. The summed E-state index contributed by atoms with van der Waals surface area (Å²) in [6.45, 7) is 6.14. The first-order valence-electron chi connectivity index (χ1n) is 7.09. The van der Waals surface area contributed by atoms with E-state index in [1.807, 2.05) is 0 Å². The lowest BCUT2D eigenvalue weighted by Gasteiger charge is -2.30. The van der Waals surface area contributed by atoms with Gasteiger partial charge in [0.05, 0.1) is 5.92 Å². The largest absolute Gasteiger partial charge is 0.481 e. The van der Waals surface area contributed by atoms with Crippen LogP contribution < -0.4 is 0 Å². The number of nitrogens with zero attached hydrogens (tertiary/aromatic N) is 1. The van der Waals surface area contributed by atoms with Crippen molar-refractivity contribution in [2.75, 3.05) is 26.3 Å². The zero-order chi connectivity index (χ0) is 14.3. The van der Waals surface area contributed by atoms with Crippen molar-refractivity contribution in [1.82, 2.24) is 4.90 Å². The monoisotopic (exact) mass is 271 g/mol. The van der Waals surface area contributed by atoms with Crippen LogP contribution in [-0.2, 0) is 14.3 Å². The molecule has 1 N–H and O–H groups in total. The van der Waals surface area contributed by atoms with Gasteiger partial charge in [-0.25, -0.2) is 0 Å². The van der Waals surface area contributed by atoms with Gasteiger partial charge in [-0.15, -0.1) is 0 Å². The summed E-state index contributed by atoms with van der Waals surface area (Å²) in [5, 5.41) is 8.88. The highest BCUT2D eigenvalue weighted by molar-refractivity contribution is 5.78. The van der Waals surface area contributed by atoms with E-state index in [1.54, 1.807) is 4.90 Å². The average Bonchev–Trinajstić information content (AvgIpc) is 2.37. The molecule has 110 valence electrons. The van der Waals surface area contributed by atoms with Crippen molar-refractivity contribution >= 4 is 11.9 Å². The molecule has 1 rings (SSSR count). The molecule has 0 atom stereocenters. The van der Waals surface area contributed by atoms with Gasteiger partial charge in [-0.1, -0.05) is 13.8 Å². The Hall–Kier alpha value is -1.10. The van der Waals surface area contributed by atoms with Crippen molar-refractivity contribution in [2.45, 2.75) is 39.5 Å². The number of carboxylic acids is 1. The molecule has 0 aromatic rings. The Labute approximate surface area is 114 Å². The number of piperidine rings is 1. The molecule has 0 unspecified atom stereocenters. The maximum Gasteiger partial charge on any atom is 0.306 e. The molecule has 5 nitrogen and oxygen atoms in total. The molecule has 0 aromatic heterocycles. The zero-order valence-electron chi connectivity index (χ0n) is 11.9. The fraction of sp³-hybridized carbons (Fsp3) is 0.857. The number of hydrogen-bond donors (Lipinski definition) is 1. The summed E-state index contributed by atoms with van der Waals surface area (Å²) < 4.78 is 5.37. The Kier molecular flexibility index (Phi) is 6.84. The van der Waals surface area contributed by atoms with E-state index < -0.39 is 5.97 Å². The number of amides is 1. The van der Waals surface area contributed by atoms with E-state index in [9.17, 15) is 9.59 Å². The summed E-state index contributed by atoms with van der Waals surface area (Å²) in [5.41, 5.74) is 0. The quantitative estimate of drug-likeness (QED) is 0.716. The second-order valence-electron chi connectivity index (χ2n) is 5.58. The molecule has 1 amide bonds. The minimum absolute atomic E-state index is 0.0200. The predicted molar refractivity (Wildman–Crippen MR) is 71.8 cm³/mol. The van der Waals surface area contributed by atoms with Crippen LogP contribution in [-0.4, -0.2) is 48.2 Å². The molecule has 0 spiro atoms. The normalized spacial score (nSPS) is 16.9. The molecule has 5 heteroatoms. The topological polar surface area (TPSA) is 66.8 Å². The highest BCUT2D eigenvalue weighted by Gasteiger charge is 2.26. The van der Waals surface area contributed by atoms with Crippen LogP contribution in [0, 0.1) is 11.8 Å². The van der Waals surface area contributed by atoms with Crippen LogP contribution in [0.2, 0.25) is 0 Å². The molecule has 1 heterocycles. The summed E-state index contributed by atoms with van der Waals surface area (Å²) in [5.74, 6) is -0.407. The minimum Gasteiger partial charge on any atom is -0.481 e. The van der Waals surface area contributed by atoms with E-state index in [1.165, 1.54) is 0 Å². The molecule has 0 radical (unpaired) electrons. The molecule has 0 aliphatic carbocycles. The Morgan fingerprint density at radius 2 is 1.95 bits per heavy atom. The SMILES string of the molecule is CC(C)CCCOCC(=O)N1CCC(C(=O)O)CC1.